The lowest BCUT2D eigenvalue weighted by molar-refractivity contribution is -0.130. The fraction of sp³-hybridized carbons (Fsp3) is 0.909. The van der Waals surface area contributed by atoms with Gasteiger partial charge in [0.25, 0.3) is 0 Å². The third-order valence-corrected chi connectivity index (χ3v) is 2.99. The zero-order valence-corrected chi connectivity index (χ0v) is 9.58. The second kappa shape index (κ2) is 6.80. The Balaban J connectivity index is 1.98. The van der Waals surface area contributed by atoms with Crippen molar-refractivity contribution in [3.63, 3.8) is 0 Å². The highest BCUT2D eigenvalue weighted by Crippen LogP contribution is 2.21. The van der Waals surface area contributed by atoms with E-state index in [1.807, 2.05) is 0 Å². The van der Waals surface area contributed by atoms with Crippen LogP contribution in [0.4, 0.5) is 0 Å². The Morgan fingerprint density at radius 2 is 2.07 bits per heavy atom. The second-order valence-electron chi connectivity index (χ2n) is 4.31. The summed E-state index contributed by atoms with van der Waals surface area (Å²) in [5.74, 6) is 6.17. The lowest BCUT2D eigenvalue weighted by Gasteiger charge is -2.21. The summed E-state index contributed by atoms with van der Waals surface area (Å²) in [6.45, 7) is 1.82. The summed E-state index contributed by atoms with van der Waals surface area (Å²) in [6, 6.07) is 0. The molecule has 15 heavy (non-hydrogen) atoms. The zero-order valence-electron chi connectivity index (χ0n) is 9.58. The average molecular weight is 214 g/mol. The summed E-state index contributed by atoms with van der Waals surface area (Å²) in [6.07, 6.45) is 6.26. The van der Waals surface area contributed by atoms with Crippen LogP contribution < -0.4 is 5.84 Å². The summed E-state index contributed by atoms with van der Waals surface area (Å²) in [4.78, 5) is 11.2. The molecule has 88 valence electrons. The molecule has 1 fully saturated rings. The van der Waals surface area contributed by atoms with E-state index in [1.165, 1.54) is 24.3 Å². The third kappa shape index (κ3) is 5.14. The van der Waals surface area contributed by atoms with Crippen molar-refractivity contribution < 1.29 is 9.53 Å². The lowest BCUT2D eigenvalue weighted by Crippen LogP contribution is -2.32. The average Bonchev–Trinajstić information content (AvgIpc) is 2.25. The van der Waals surface area contributed by atoms with Crippen molar-refractivity contribution >= 4 is 5.91 Å². The van der Waals surface area contributed by atoms with E-state index < -0.39 is 0 Å². The summed E-state index contributed by atoms with van der Waals surface area (Å²) >= 11 is 0. The fourth-order valence-corrected chi connectivity index (χ4v) is 1.92. The molecule has 0 aliphatic carbocycles. The molecular formula is C11H22N2O2. The van der Waals surface area contributed by atoms with E-state index in [9.17, 15) is 4.79 Å². The number of carbonyl (C=O) groups excluding carboxylic acids is 1. The number of hydrogen-bond donors (Lipinski definition) is 1. The zero-order chi connectivity index (χ0) is 11.1. The standard InChI is InChI=1S/C11H22N2O2/c1-13(12)11(14)5-3-2-4-10-6-8-15-9-7-10/h10H,2-9,12H2,1H3. The number of nitrogens with two attached hydrogens (primary N) is 1. The molecule has 1 amide bonds. The molecule has 1 saturated heterocycles. The van der Waals surface area contributed by atoms with Crippen LogP contribution in [0.25, 0.3) is 0 Å². The highest BCUT2D eigenvalue weighted by molar-refractivity contribution is 5.75. The molecule has 0 saturated carbocycles. The molecule has 4 heteroatoms. The number of amides is 1. The molecule has 4 nitrogen and oxygen atoms in total. The van der Waals surface area contributed by atoms with Gasteiger partial charge >= 0.3 is 0 Å². The Hall–Kier alpha value is -0.610. The van der Waals surface area contributed by atoms with Crippen LogP contribution >= 0.6 is 0 Å². The minimum Gasteiger partial charge on any atom is -0.381 e. The highest BCUT2D eigenvalue weighted by Gasteiger charge is 2.13. The molecule has 1 heterocycles. The van der Waals surface area contributed by atoms with Crippen LogP contribution in [0.2, 0.25) is 0 Å². The van der Waals surface area contributed by atoms with E-state index in [4.69, 9.17) is 10.6 Å². The van der Waals surface area contributed by atoms with Gasteiger partial charge < -0.3 is 4.74 Å². The van der Waals surface area contributed by atoms with E-state index >= 15 is 0 Å². The van der Waals surface area contributed by atoms with Crippen LogP contribution in [0, 0.1) is 5.92 Å². The van der Waals surface area contributed by atoms with E-state index in [0.717, 1.165) is 32.0 Å². The molecule has 2 N–H and O–H groups in total. The minimum atomic E-state index is 0.0296. The molecule has 0 aromatic heterocycles. The first kappa shape index (κ1) is 12.5. The predicted octanol–water partition coefficient (Wildman–Crippen LogP) is 1.31. The molecule has 0 unspecified atom stereocenters. The van der Waals surface area contributed by atoms with E-state index in [2.05, 4.69) is 0 Å². The molecule has 0 aromatic rings. The summed E-state index contributed by atoms with van der Waals surface area (Å²) < 4.78 is 5.30. The molecule has 0 radical (unpaired) electrons. The van der Waals surface area contributed by atoms with Gasteiger partial charge in [0.05, 0.1) is 0 Å². The summed E-state index contributed by atoms with van der Waals surface area (Å²) in [5, 5.41) is 1.18. The first-order chi connectivity index (χ1) is 7.20. The topological polar surface area (TPSA) is 55.6 Å². The number of hydrazine groups is 1. The monoisotopic (exact) mass is 214 g/mol. The largest absolute Gasteiger partial charge is 0.381 e. The van der Waals surface area contributed by atoms with Crippen LogP contribution in [-0.4, -0.2) is 31.2 Å². The van der Waals surface area contributed by atoms with Crippen LogP contribution in [0.15, 0.2) is 0 Å². The molecule has 0 atom stereocenters. The number of ether oxygens (including phenoxy) is 1. The van der Waals surface area contributed by atoms with Gasteiger partial charge in [-0.3, -0.25) is 9.80 Å². The van der Waals surface area contributed by atoms with Gasteiger partial charge in [-0.05, 0) is 25.2 Å². The van der Waals surface area contributed by atoms with Crippen LogP contribution in [0.1, 0.15) is 38.5 Å². The number of rotatable bonds is 5. The van der Waals surface area contributed by atoms with Crippen molar-refractivity contribution in [3.05, 3.63) is 0 Å². The normalized spacial score (nSPS) is 17.7. The first-order valence-electron chi connectivity index (χ1n) is 5.79. The van der Waals surface area contributed by atoms with E-state index in [0.29, 0.717) is 6.42 Å². The van der Waals surface area contributed by atoms with Crippen molar-refractivity contribution in [1.29, 1.82) is 0 Å². The van der Waals surface area contributed by atoms with E-state index in [-0.39, 0.29) is 5.91 Å². The van der Waals surface area contributed by atoms with Crippen molar-refractivity contribution in [2.24, 2.45) is 11.8 Å². The first-order valence-corrected chi connectivity index (χ1v) is 5.79. The molecular weight excluding hydrogens is 192 g/mol. The molecule has 1 rings (SSSR count). The van der Waals surface area contributed by atoms with Crippen molar-refractivity contribution in [2.45, 2.75) is 38.5 Å². The van der Waals surface area contributed by atoms with Gasteiger partial charge in [-0.1, -0.05) is 12.8 Å². The Bertz CT molecular complexity index is 189. The second-order valence-corrected chi connectivity index (χ2v) is 4.31. The Labute approximate surface area is 91.7 Å². The number of hydrogen-bond acceptors (Lipinski definition) is 3. The Morgan fingerprint density at radius 1 is 1.40 bits per heavy atom. The molecule has 0 aromatic carbocycles. The van der Waals surface area contributed by atoms with Gasteiger partial charge in [0.2, 0.25) is 5.91 Å². The molecule has 1 aliphatic rings. The molecule has 0 bridgehead atoms. The number of nitrogens with zero attached hydrogens (tertiary/aromatic N) is 1. The van der Waals surface area contributed by atoms with Gasteiger partial charge in [-0.25, -0.2) is 5.84 Å². The lowest BCUT2D eigenvalue weighted by atomic mass is 9.94. The maximum Gasteiger partial charge on any atom is 0.236 e. The maximum atomic E-state index is 11.2. The maximum absolute atomic E-state index is 11.2. The van der Waals surface area contributed by atoms with E-state index in [1.54, 1.807) is 7.05 Å². The van der Waals surface area contributed by atoms with Crippen molar-refractivity contribution in [1.82, 2.24) is 5.01 Å². The van der Waals surface area contributed by atoms with Crippen molar-refractivity contribution in [2.75, 3.05) is 20.3 Å². The van der Waals surface area contributed by atoms with Gasteiger partial charge in [0, 0.05) is 26.7 Å². The van der Waals surface area contributed by atoms with Gasteiger partial charge in [-0.2, -0.15) is 0 Å². The predicted molar refractivity (Wildman–Crippen MR) is 59.0 cm³/mol. The SMILES string of the molecule is CN(N)C(=O)CCCCC1CCOCC1. The van der Waals surface area contributed by atoms with Crippen LogP contribution in [0.5, 0.6) is 0 Å². The Morgan fingerprint density at radius 3 is 2.67 bits per heavy atom. The summed E-state index contributed by atoms with van der Waals surface area (Å²) in [5.41, 5.74) is 0. The summed E-state index contributed by atoms with van der Waals surface area (Å²) in [7, 11) is 1.60. The van der Waals surface area contributed by atoms with Gasteiger partial charge in [0.1, 0.15) is 0 Å². The van der Waals surface area contributed by atoms with Crippen molar-refractivity contribution in [3.8, 4) is 0 Å². The van der Waals surface area contributed by atoms with Gasteiger partial charge in [-0.15, -0.1) is 0 Å². The fourth-order valence-electron chi connectivity index (χ4n) is 1.92. The Kier molecular flexibility index (Phi) is 5.65. The molecule has 1 aliphatic heterocycles. The van der Waals surface area contributed by atoms with Crippen LogP contribution in [-0.2, 0) is 9.53 Å². The number of unbranched alkanes of at least 4 members (excludes halogenated alkanes) is 1. The van der Waals surface area contributed by atoms with Gasteiger partial charge in [0.15, 0.2) is 0 Å². The molecule has 0 spiro atoms. The highest BCUT2D eigenvalue weighted by atomic mass is 16.5. The number of carbonyl (C=O) groups is 1. The minimum absolute atomic E-state index is 0.0296. The smallest absolute Gasteiger partial charge is 0.236 e. The quantitative estimate of drug-likeness (QED) is 0.325. The third-order valence-electron chi connectivity index (χ3n) is 2.99. The van der Waals surface area contributed by atoms with Crippen LogP contribution in [0.3, 0.4) is 0 Å².